The lowest BCUT2D eigenvalue weighted by molar-refractivity contribution is -0.122. The highest BCUT2D eigenvalue weighted by Gasteiger charge is 2.11. The lowest BCUT2D eigenvalue weighted by Crippen LogP contribution is -2.41. The van der Waals surface area contributed by atoms with Crippen LogP contribution in [-0.4, -0.2) is 25.0 Å². The molecule has 0 aliphatic heterocycles. The third-order valence-electron chi connectivity index (χ3n) is 3.78. The van der Waals surface area contributed by atoms with Gasteiger partial charge in [0.15, 0.2) is 0 Å². The lowest BCUT2D eigenvalue weighted by atomic mass is 10.2. The second-order valence-corrected chi connectivity index (χ2v) is 8.58. The van der Waals surface area contributed by atoms with Crippen molar-refractivity contribution in [1.82, 2.24) is 10.9 Å². The maximum atomic E-state index is 12.2. The first-order valence-corrected chi connectivity index (χ1v) is 10.9. The summed E-state index contributed by atoms with van der Waals surface area (Å²) in [5, 5.41) is 0.929. The molecule has 9 heteroatoms. The van der Waals surface area contributed by atoms with E-state index in [4.69, 9.17) is 32.7 Å². The summed E-state index contributed by atoms with van der Waals surface area (Å²) in [6, 6.07) is 9.91. The third kappa shape index (κ3) is 8.05. The van der Waals surface area contributed by atoms with Crippen LogP contribution in [0.1, 0.15) is 37.0 Å². The van der Waals surface area contributed by atoms with Crippen LogP contribution in [-0.2, 0) is 4.79 Å². The van der Waals surface area contributed by atoms with E-state index in [1.807, 2.05) is 0 Å². The van der Waals surface area contributed by atoms with Crippen molar-refractivity contribution >= 4 is 50.9 Å². The molecule has 2 N–H and O–H groups in total. The molecule has 0 saturated heterocycles. The van der Waals surface area contributed by atoms with Gasteiger partial charge in [0.05, 0.1) is 22.7 Å². The van der Waals surface area contributed by atoms with Crippen LogP contribution in [0.25, 0.3) is 0 Å². The number of hydrogen-bond donors (Lipinski definition) is 2. The molecule has 0 fully saturated rings. The summed E-state index contributed by atoms with van der Waals surface area (Å²) in [6.07, 6.45) is 0.630. The molecule has 0 unspecified atom stereocenters. The molecule has 0 saturated carbocycles. The summed E-state index contributed by atoms with van der Waals surface area (Å²) in [5.74, 6) is 0.795. The van der Waals surface area contributed by atoms with E-state index in [2.05, 4.69) is 40.6 Å². The van der Waals surface area contributed by atoms with Crippen LogP contribution in [0.2, 0.25) is 10.0 Å². The predicted octanol–water partition coefficient (Wildman–Crippen LogP) is 5.41. The molecule has 2 aromatic carbocycles. The summed E-state index contributed by atoms with van der Waals surface area (Å²) in [7, 11) is 0. The minimum Gasteiger partial charge on any atom is -0.492 e. The topological polar surface area (TPSA) is 76.7 Å². The lowest BCUT2D eigenvalue weighted by Gasteiger charge is -2.12. The summed E-state index contributed by atoms with van der Waals surface area (Å²) in [6.45, 7) is 4.98. The van der Waals surface area contributed by atoms with Gasteiger partial charge in [-0.1, -0.05) is 37.0 Å². The van der Waals surface area contributed by atoms with Gasteiger partial charge in [-0.3, -0.25) is 20.4 Å². The summed E-state index contributed by atoms with van der Waals surface area (Å²) >= 11 is 15.2. The first kappa shape index (κ1) is 24.3. The molecule has 2 rings (SSSR count). The maximum absolute atomic E-state index is 12.2. The minimum absolute atomic E-state index is 0.178. The Kier molecular flexibility index (Phi) is 9.75. The Balaban J connectivity index is 1.72. The molecular formula is C21H23BrCl2N2O4. The van der Waals surface area contributed by atoms with Gasteiger partial charge in [0.1, 0.15) is 11.5 Å². The van der Waals surface area contributed by atoms with Gasteiger partial charge in [-0.25, -0.2) is 0 Å². The van der Waals surface area contributed by atoms with Gasteiger partial charge in [0.2, 0.25) is 5.91 Å². The van der Waals surface area contributed by atoms with E-state index in [9.17, 15) is 9.59 Å². The van der Waals surface area contributed by atoms with Crippen LogP contribution in [0.5, 0.6) is 11.5 Å². The number of halogens is 3. The van der Waals surface area contributed by atoms with E-state index in [0.29, 0.717) is 57.1 Å². The van der Waals surface area contributed by atoms with Crippen LogP contribution >= 0.6 is 39.1 Å². The first-order valence-electron chi connectivity index (χ1n) is 9.35. The number of ether oxygens (including phenoxy) is 2. The van der Waals surface area contributed by atoms with Crippen molar-refractivity contribution in [3.8, 4) is 11.5 Å². The largest absolute Gasteiger partial charge is 0.492 e. The van der Waals surface area contributed by atoms with E-state index in [1.165, 1.54) is 0 Å². The Morgan fingerprint density at radius 1 is 1.03 bits per heavy atom. The van der Waals surface area contributed by atoms with Crippen molar-refractivity contribution in [3.05, 3.63) is 56.5 Å². The quantitative estimate of drug-likeness (QED) is 0.344. The van der Waals surface area contributed by atoms with Crippen molar-refractivity contribution in [2.75, 3.05) is 13.2 Å². The van der Waals surface area contributed by atoms with Crippen LogP contribution in [0, 0.1) is 5.92 Å². The zero-order chi connectivity index (χ0) is 22.1. The van der Waals surface area contributed by atoms with Crippen molar-refractivity contribution in [2.45, 2.75) is 26.7 Å². The van der Waals surface area contributed by atoms with Gasteiger partial charge >= 0.3 is 0 Å². The van der Waals surface area contributed by atoms with Crippen molar-refractivity contribution in [2.24, 2.45) is 5.92 Å². The molecular weight excluding hydrogens is 495 g/mol. The standard InChI is InChI=1S/C21H23BrCl2N2O4/c1-13(2)12-30-18-7-5-14(10-16(18)22)21(28)26-25-20(27)4-3-9-29-19-8-6-15(23)11-17(19)24/h5-8,10-11,13H,3-4,9,12H2,1-2H3,(H,25,27)(H,26,28). The van der Waals surface area contributed by atoms with Gasteiger partial charge in [-0.05, 0) is 64.7 Å². The summed E-state index contributed by atoms with van der Waals surface area (Å²) in [5.41, 5.74) is 5.17. The molecule has 0 bridgehead atoms. The zero-order valence-corrected chi connectivity index (χ0v) is 19.7. The monoisotopic (exact) mass is 516 g/mol. The molecule has 30 heavy (non-hydrogen) atoms. The van der Waals surface area contributed by atoms with Crippen LogP contribution in [0.3, 0.4) is 0 Å². The van der Waals surface area contributed by atoms with Gasteiger partial charge in [-0.15, -0.1) is 0 Å². The Labute approximate surface area is 194 Å². The SMILES string of the molecule is CC(C)COc1ccc(C(=O)NNC(=O)CCCOc2ccc(Cl)cc2Cl)cc1Br. The molecule has 0 radical (unpaired) electrons. The summed E-state index contributed by atoms with van der Waals surface area (Å²) in [4.78, 5) is 24.1. The molecule has 162 valence electrons. The van der Waals surface area contributed by atoms with E-state index in [0.717, 1.165) is 0 Å². The molecule has 0 aliphatic rings. The fourth-order valence-corrected chi connectivity index (χ4v) is 3.24. The van der Waals surface area contributed by atoms with Crippen molar-refractivity contribution < 1.29 is 19.1 Å². The van der Waals surface area contributed by atoms with Crippen molar-refractivity contribution in [1.29, 1.82) is 0 Å². The average Bonchev–Trinajstić information content (AvgIpc) is 2.69. The summed E-state index contributed by atoms with van der Waals surface area (Å²) < 4.78 is 11.8. The fourth-order valence-electron chi connectivity index (χ4n) is 2.28. The number of carbonyl (C=O) groups is 2. The highest BCUT2D eigenvalue weighted by Crippen LogP contribution is 2.28. The first-order chi connectivity index (χ1) is 14.3. The number of amides is 2. The third-order valence-corrected chi connectivity index (χ3v) is 4.93. The molecule has 2 amide bonds. The number of benzene rings is 2. The van der Waals surface area contributed by atoms with E-state index < -0.39 is 5.91 Å². The van der Waals surface area contributed by atoms with E-state index >= 15 is 0 Å². The second-order valence-electron chi connectivity index (χ2n) is 6.88. The highest BCUT2D eigenvalue weighted by molar-refractivity contribution is 9.10. The van der Waals surface area contributed by atoms with Crippen LogP contribution < -0.4 is 20.3 Å². The average molecular weight is 518 g/mol. The molecule has 0 spiro atoms. The number of nitrogens with one attached hydrogen (secondary N) is 2. The Hall–Kier alpha value is -1.96. The number of carbonyl (C=O) groups excluding carboxylic acids is 2. The predicted molar refractivity (Wildman–Crippen MR) is 121 cm³/mol. The number of rotatable bonds is 9. The highest BCUT2D eigenvalue weighted by atomic mass is 79.9. The fraction of sp³-hybridized carbons (Fsp3) is 0.333. The molecule has 6 nitrogen and oxygen atoms in total. The van der Waals surface area contributed by atoms with Crippen LogP contribution in [0.15, 0.2) is 40.9 Å². The van der Waals surface area contributed by atoms with Crippen molar-refractivity contribution in [3.63, 3.8) is 0 Å². The van der Waals surface area contributed by atoms with Gasteiger partial charge < -0.3 is 9.47 Å². The van der Waals surface area contributed by atoms with Gasteiger partial charge in [0, 0.05) is 17.0 Å². The second kappa shape index (κ2) is 12.0. The molecule has 2 aromatic rings. The Bertz CT molecular complexity index is 893. The Morgan fingerprint density at radius 2 is 1.77 bits per heavy atom. The van der Waals surface area contributed by atoms with Crippen LogP contribution in [0.4, 0.5) is 0 Å². The van der Waals surface area contributed by atoms with E-state index in [1.54, 1.807) is 36.4 Å². The minimum atomic E-state index is -0.427. The molecule has 0 aliphatic carbocycles. The molecule has 0 aromatic heterocycles. The smallest absolute Gasteiger partial charge is 0.269 e. The molecule has 0 heterocycles. The number of hydrogen-bond acceptors (Lipinski definition) is 4. The normalized spacial score (nSPS) is 10.6. The Morgan fingerprint density at radius 3 is 2.43 bits per heavy atom. The molecule has 0 atom stereocenters. The van der Waals surface area contributed by atoms with Gasteiger partial charge in [-0.2, -0.15) is 0 Å². The van der Waals surface area contributed by atoms with E-state index in [-0.39, 0.29) is 12.3 Å². The zero-order valence-electron chi connectivity index (χ0n) is 16.6. The van der Waals surface area contributed by atoms with Gasteiger partial charge in [0.25, 0.3) is 5.91 Å². The number of hydrazine groups is 1. The maximum Gasteiger partial charge on any atom is 0.269 e.